The number of fused-ring (bicyclic) bond motifs is 1. The van der Waals surface area contributed by atoms with E-state index in [4.69, 9.17) is 0 Å². The molecule has 1 aliphatic carbocycles. The first kappa shape index (κ1) is 29.3. The molecule has 3 aliphatic rings. The van der Waals surface area contributed by atoms with E-state index >= 15 is 4.39 Å². The van der Waals surface area contributed by atoms with E-state index in [0.29, 0.717) is 67.3 Å². The summed E-state index contributed by atoms with van der Waals surface area (Å²) in [6.07, 6.45) is 11.4. The van der Waals surface area contributed by atoms with E-state index in [2.05, 4.69) is 38.2 Å². The van der Waals surface area contributed by atoms with Gasteiger partial charge in [-0.1, -0.05) is 18.2 Å². The molecule has 7 rings (SSSR count). The number of nitrogens with zero attached hydrogens (tertiary/aromatic N) is 7. The number of H-pyrrole nitrogens is 1. The molecule has 5 heterocycles. The van der Waals surface area contributed by atoms with Gasteiger partial charge in [-0.05, 0) is 67.5 Å². The van der Waals surface area contributed by atoms with Crippen molar-refractivity contribution in [1.29, 1.82) is 0 Å². The molecular formula is C34H39FN8O2. The van der Waals surface area contributed by atoms with E-state index in [1.165, 1.54) is 12.8 Å². The van der Waals surface area contributed by atoms with Crippen LogP contribution in [0.25, 0.3) is 27.6 Å². The van der Waals surface area contributed by atoms with Crippen molar-refractivity contribution in [3.63, 3.8) is 0 Å². The highest BCUT2D eigenvalue weighted by Crippen LogP contribution is 2.38. The zero-order valence-electron chi connectivity index (χ0n) is 25.9. The van der Waals surface area contributed by atoms with E-state index in [0.717, 1.165) is 47.5 Å². The van der Waals surface area contributed by atoms with Crippen molar-refractivity contribution in [2.75, 3.05) is 39.3 Å². The van der Waals surface area contributed by atoms with Gasteiger partial charge < -0.3 is 14.8 Å². The topological polar surface area (TPSA) is 103 Å². The zero-order chi connectivity index (χ0) is 31.1. The summed E-state index contributed by atoms with van der Waals surface area (Å²) in [6.45, 7) is 8.46. The predicted octanol–water partition coefficient (Wildman–Crippen LogP) is 4.46. The lowest BCUT2D eigenvalue weighted by Crippen LogP contribution is -2.49. The Labute approximate surface area is 261 Å². The van der Waals surface area contributed by atoms with Gasteiger partial charge in [0.1, 0.15) is 5.69 Å². The van der Waals surface area contributed by atoms with Crippen LogP contribution in [0.2, 0.25) is 0 Å². The van der Waals surface area contributed by atoms with Crippen molar-refractivity contribution in [3.8, 4) is 11.1 Å². The lowest BCUT2D eigenvalue weighted by atomic mass is 9.91. The Morgan fingerprint density at radius 1 is 1.02 bits per heavy atom. The molecule has 10 nitrogen and oxygen atoms in total. The summed E-state index contributed by atoms with van der Waals surface area (Å²) in [5.41, 5.74) is 5.66. The van der Waals surface area contributed by atoms with Gasteiger partial charge in [0.15, 0.2) is 5.82 Å². The number of aromatic amines is 1. The molecule has 1 aromatic carbocycles. The van der Waals surface area contributed by atoms with E-state index in [1.807, 2.05) is 36.2 Å². The maximum Gasteiger partial charge on any atom is 0.270 e. The molecule has 2 fully saturated rings. The van der Waals surface area contributed by atoms with Crippen molar-refractivity contribution >= 4 is 28.3 Å². The van der Waals surface area contributed by atoms with Crippen molar-refractivity contribution < 1.29 is 14.0 Å². The second-order valence-corrected chi connectivity index (χ2v) is 12.4. The number of hydrogen-bond donors (Lipinski definition) is 1. The van der Waals surface area contributed by atoms with Crippen LogP contribution in [-0.2, 0) is 17.8 Å². The van der Waals surface area contributed by atoms with E-state index in [-0.39, 0.29) is 18.2 Å². The monoisotopic (exact) mass is 610 g/mol. The number of aromatic nitrogens is 5. The zero-order valence-corrected chi connectivity index (χ0v) is 25.9. The third kappa shape index (κ3) is 5.88. The minimum absolute atomic E-state index is 0.0108. The van der Waals surface area contributed by atoms with Crippen molar-refractivity contribution in [3.05, 3.63) is 71.2 Å². The molecule has 4 aromatic rings. The minimum Gasteiger partial charge on any atom is -0.348 e. The van der Waals surface area contributed by atoms with Crippen LogP contribution in [-0.4, -0.2) is 96.8 Å². The molecule has 0 radical (unpaired) electrons. The summed E-state index contributed by atoms with van der Waals surface area (Å²) in [6, 6.07) is 6.43. The Balaban J connectivity index is 1.23. The average Bonchev–Trinajstić information content (AvgIpc) is 3.59. The fraction of sp³-hybridized carbons (Fsp3) is 0.441. The largest absolute Gasteiger partial charge is 0.348 e. The molecule has 0 atom stereocenters. The number of hydrogen-bond acceptors (Lipinski definition) is 6. The first-order valence-corrected chi connectivity index (χ1v) is 16.0. The number of benzene rings is 1. The number of aryl methyl sites for hydroxylation is 3. The first-order valence-electron chi connectivity index (χ1n) is 16.0. The van der Waals surface area contributed by atoms with Crippen molar-refractivity contribution in [1.82, 2.24) is 39.7 Å². The Morgan fingerprint density at radius 3 is 2.58 bits per heavy atom. The van der Waals surface area contributed by atoms with E-state index in [1.54, 1.807) is 22.0 Å². The molecule has 2 amide bonds. The Bertz CT molecular complexity index is 1770. The summed E-state index contributed by atoms with van der Waals surface area (Å²) < 4.78 is 18.2. The van der Waals surface area contributed by atoms with Crippen molar-refractivity contribution in [2.24, 2.45) is 0 Å². The SMILES string of the molecule is CCc1cc(C)ncc1-c1cc(C2=CCCN(C(=O)CCn3ccnn3)C2)c(F)c2[nH]c(C(=O)N3CCN(C4CC4)CC3)cc12. The van der Waals surface area contributed by atoms with E-state index in [9.17, 15) is 9.59 Å². The quantitative estimate of drug-likeness (QED) is 0.316. The molecule has 2 aliphatic heterocycles. The molecule has 0 spiro atoms. The summed E-state index contributed by atoms with van der Waals surface area (Å²) in [5, 5.41) is 8.41. The molecule has 45 heavy (non-hydrogen) atoms. The average molecular weight is 611 g/mol. The van der Waals surface area contributed by atoms with Gasteiger partial charge in [-0.25, -0.2) is 4.39 Å². The Kier molecular flexibility index (Phi) is 7.95. The third-order valence-electron chi connectivity index (χ3n) is 9.42. The lowest BCUT2D eigenvalue weighted by Gasteiger charge is -2.34. The first-order chi connectivity index (χ1) is 21.9. The molecule has 0 unspecified atom stereocenters. The molecular weight excluding hydrogens is 571 g/mol. The minimum atomic E-state index is -0.410. The smallest absolute Gasteiger partial charge is 0.270 e. The van der Waals surface area contributed by atoms with Crippen LogP contribution in [0.3, 0.4) is 0 Å². The molecule has 1 saturated heterocycles. The fourth-order valence-electron chi connectivity index (χ4n) is 6.76. The van der Waals surface area contributed by atoms with Crippen LogP contribution >= 0.6 is 0 Å². The summed E-state index contributed by atoms with van der Waals surface area (Å²) in [4.78, 5) is 40.8. The highest BCUT2D eigenvalue weighted by atomic mass is 19.1. The van der Waals surface area contributed by atoms with Crippen molar-refractivity contribution in [2.45, 2.75) is 58.5 Å². The maximum absolute atomic E-state index is 16.6. The molecule has 11 heteroatoms. The van der Waals surface area contributed by atoms with Gasteiger partial charge in [-0.3, -0.25) is 24.2 Å². The van der Waals surface area contributed by atoms with Gasteiger partial charge in [0.05, 0.1) is 18.3 Å². The highest BCUT2D eigenvalue weighted by molar-refractivity contribution is 6.05. The van der Waals surface area contributed by atoms with Gasteiger partial charge >= 0.3 is 0 Å². The maximum atomic E-state index is 16.6. The molecule has 1 N–H and O–H groups in total. The molecule has 234 valence electrons. The normalized spacial score (nSPS) is 17.6. The number of pyridine rings is 1. The van der Waals surface area contributed by atoms with Gasteiger partial charge in [0, 0.05) is 86.3 Å². The van der Waals surface area contributed by atoms with Crippen LogP contribution < -0.4 is 0 Å². The van der Waals surface area contributed by atoms with Gasteiger partial charge in [-0.15, -0.1) is 5.10 Å². The van der Waals surface area contributed by atoms with Gasteiger partial charge in [0.25, 0.3) is 5.91 Å². The number of rotatable bonds is 8. The predicted molar refractivity (Wildman–Crippen MR) is 170 cm³/mol. The number of carbonyl (C=O) groups is 2. The fourth-order valence-corrected chi connectivity index (χ4v) is 6.76. The molecule has 3 aromatic heterocycles. The number of carbonyl (C=O) groups excluding carboxylic acids is 2. The van der Waals surface area contributed by atoms with Crippen LogP contribution in [0.5, 0.6) is 0 Å². The summed E-state index contributed by atoms with van der Waals surface area (Å²) >= 11 is 0. The summed E-state index contributed by atoms with van der Waals surface area (Å²) in [7, 11) is 0. The number of amides is 2. The number of piperazine rings is 1. The standard InChI is InChI=1S/C34H39FN8O2/c1-3-23-17-22(2)36-20-29(23)27-18-26(24-5-4-10-42(21-24)31(44)8-11-43-12-9-37-39-43)32(35)33-28(27)19-30(38-33)34(45)41-15-13-40(14-16-41)25-6-7-25/h5,9,12,17-20,25,38H,3-4,6-8,10-11,13-16,21H2,1-2H3. The number of nitrogens with one attached hydrogen (secondary N) is 1. The van der Waals surface area contributed by atoms with Crippen LogP contribution in [0.4, 0.5) is 4.39 Å². The van der Waals surface area contributed by atoms with Crippen LogP contribution in [0.15, 0.2) is 42.9 Å². The second-order valence-electron chi connectivity index (χ2n) is 12.4. The van der Waals surface area contributed by atoms with Crippen LogP contribution in [0.1, 0.15) is 59.9 Å². The second kappa shape index (κ2) is 12.2. The lowest BCUT2D eigenvalue weighted by molar-refractivity contribution is -0.131. The van der Waals surface area contributed by atoms with Crippen LogP contribution in [0, 0.1) is 12.7 Å². The Morgan fingerprint density at radius 2 is 1.84 bits per heavy atom. The molecule has 1 saturated carbocycles. The van der Waals surface area contributed by atoms with E-state index < -0.39 is 5.82 Å². The number of halogens is 1. The van der Waals surface area contributed by atoms with Gasteiger partial charge in [-0.2, -0.15) is 0 Å². The Hall–Kier alpha value is -4.38. The van der Waals surface area contributed by atoms with Gasteiger partial charge in [0.2, 0.25) is 5.91 Å². The highest BCUT2D eigenvalue weighted by Gasteiger charge is 2.33. The summed E-state index contributed by atoms with van der Waals surface area (Å²) in [5.74, 6) is -0.525. The molecule has 0 bridgehead atoms. The third-order valence-corrected chi connectivity index (χ3v) is 9.42.